The Balaban J connectivity index is 1.26. The molecule has 2 aliphatic rings. The number of anilines is 1. The predicted molar refractivity (Wildman–Crippen MR) is 147 cm³/mol. The molecule has 0 radical (unpaired) electrons. The lowest BCUT2D eigenvalue weighted by Gasteiger charge is -2.44. The van der Waals surface area contributed by atoms with Crippen molar-refractivity contribution in [1.29, 1.82) is 0 Å². The third kappa shape index (κ3) is 6.87. The van der Waals surface area contributed by atoms with E-state index in [0.29, 0.717) is 10.9 Å². The van der Waals surface area contributed by atoms with Crippen molar-refractivity contribution in [2.75, 3.05) is 31.5 Å². The van der Waals surface area contributed by atoms with Gasteiger partial charge in [0, 0.05) is 18.4 Å². The Morgan fingerprint density at radius 2 is 1.66 bits per heavy atom. The molecule has 1 amide bonds. The fourth-order valence-corrected chi connectivity index (χ4v) is 6.86. The number of hydrogen-bond acceptors (Lipinski definition) is 3. The molecule has 5 nitrogen and oxygen atoms in total. The average molecular weight is 544 g/mol. The zero-order valence-corrected chi connectivity index (χ0v) is 22.4. The van der Waals surface area contributed by atoms with Gasteiger partial charge in [-0.25, -0.2) is 4.79 Å². The molecule has 4 rings (SSSR count). The molecule has 0 spiro atoms. The summed E-state index contributed by atoms with van der Waals surface area (Å²) >= 11 is 4.00. The molecule has 2 fully saturated rings. The van der Waals surface area contributed by atoms with E-state index in [4.69, 9.17) is 10.5 Å². The van der Waals surface area contributed by atoms with E-state index in [-0.39, 0.29) is 12.2 Å². The van der Waals surface area contributed by atoms with Crippen LogP contribution in [0.15, 0.2) is 54.6 Å². The number of amides is 1. The first-order valence-corrected chi connectivity index (χ1v) is 14.3. The van der Waals surface area contributed by atoms with E-state index >= 15 is 0 Å². The number of carbonyl (C=O) groups is 1. The van der Waals surface area contributed by atoms with Crippen molar-refractivity contribution >= 4 is 27.7 Å². The first-order valence-electron chi connectivity index (χ1n) is 13.4. The van der Waals surface area contributed by atoms with Gasteiger partial charge in [-0.3, -0.25) is 5.32 Å². The van der Waals surface area contributed by atoms with E-state index in [9.17, 15) is 4.79 Å². The van der Waals surface area contributed by atoms with Crippen LogP contribution < -0.4 is 11.1 Å². The molecule has 2 aromatic carbocycles. The quantitative estimate of drug-likeness (QED) is 0.132. The third-order valence-electron chi connectivity index (χ3n) is 7.90. The number of benzene rings is 2. The van der Waals surface area contributed by atoms with Crippen LogP contribution in [0, 0.1) is 5.92 Å². The zero-order chi connectivity index (χ0) is 24.5. The van der Waals surface area contributed by atoms with Gasteiger partial charge in [0.25, 0.3) is 0 Å². The number of nitrogens with one attached hydrogen (secondary N) is 1. The molecule has 3 N–H and O–H groups in total. The Labute approximate surface area is 219 Å². The highest BCUT2D eigenvalue weighted by molar-refractivity contribution is 9.09. The van der Waals surface area contributed by atoms with Gasteiger partial charge in [-0.1, -0.05) is 74.2 Å². The SMILES string of the molecule is NCCCCCCCCC[N@@+]12CCC(C1)C(OC(=O)Nc1ccccc1-c1ccccc1)CC2Br. The summed E-state index contributed by atoms with van der Waals surface area (Å²) in [5.41, 5.74) is 8.45. The van der Waals surface area contributed by atoms with E-state index < -0.39 is 0 Å². The number of quaternary nitrogens is 1. The Morgan fingerprint density at radius 3 is 2.43 bits per heavy atom. The van der Waals surface area contributed by atoms with Gasteiger partial charge in [0.2, 0.25) is 0 Å². The number of nitrogens with two attached hydrogens (primary N) is 1. The van der Waals surface area contributed by atoms with E-state index in [0.717, 1.165) is 53.6 Å². The number of fused-ring (bicyclic) bond motifs is 2. The van der Waals surface area contributed by atoms with Crippen LogP contribution in [0.2, 0.25) is 0 Å². The average Bonchev–Trinajstić information content (AvgIpc) is 3.27. The monoisotopic (exact) mass is 542 g/mol. The van der Waals surface area contributed by atoms with Crippen LogP contribution in [0.4, 0.5) is 10.5 Å². The van der Waals surface area contributed by atoms with Gasteiger partial charge in [0.1, 0.15) is 11.1 Å². The lowest BCUT2D eigenvalue weighted by Crippen LogP contribution is -2.57. The zero-order valence-electron chi connectivity index (χ0n) is 20.8. The smallest absolute Gasteiger partial charge is 0.411 e. The lowest BCUT2D eigenvalue weighted by atomic mass is 9.95. The van der Waals surface area contributed by atoms with E-state index in [1.54, 1.807) is 0 Å². The van der Waals surface area contributed by atoms with Crippen molar-refractivity contribution in [1.82, 2.24) is 0 Å². The number of unbranched alkanes of at least 4 members (excludes halogenated alkanes) is 6. The topological polar surface area (TPSA) is 64.3 Å². The van der Waals surface area contributed by atoms with Crippen molar-refractivity contribution in [2.24, 2.45) is 11.7 Å². The molecule has 4 atom stereocenters. The van der Waals surface area contributed by atoms with Crippen molar-refractivity contribution in [3.05, 3.63) is 54.6 Å². The Kier molecular flexibility index (Phi) is 9.64. The highest BCUT2D eigenvalue weighted by Crippen LogP contribution is 2.42. The Hall–Kier alpha value is -1.89. The van der Waals surface area contributed by atoms with Crippen molar-refractivity contribution < 1.29 is 14.0 Å². The maximum Gasteiger partial charge on any atom is 0.411 e. The predicted octanol–water partition coefficient (Wildman–Crippen LogP) is 6.92. The van der Waals surface area contributed by atoms with Gasteiger partial charge in [0.15, 0.2) is 0 Å². The van der Waals surface area contributed by atoms with Crippen molar-refractivity contribution in [3.63, 3.8) is 0 Å². The Morgan fingerprint density at radius 1 is 0.971 bits per heavy atom. The molecular formula is C29H41BrN3O2+. The van der Waals surface area contributed by atoms with Crippen LogP contribution in [0.1, 0.15) is 57.8 Å². The number of alkyl halides is 1. The first-order chi connectivity index (χ1) is 17.1. The van der Waals surface area contributed by atoms with Gasteiger partial charge in [0.05, 0.1) is 31.2 Å². The van der Waals surface area contributed by atoms with E-state index in [2.05, 4.69) is 33.4 Å². The van der Waals surface area contributed by atoms with Gasteiger partial charge in [-0.2, -0.15) is 0 Å². The minimum atomic E-state index is -0.348. The molecule has 2 aliphatic heterocycles. The fraction of sp³-hybridized carbons (Fsp3) is 0.552. The summed E-state index contributed by atoms with van der Waals surface area (Å²) in [4.78, 5) is 13.3. The molecular weight excluding hydrogens is 502 g/mol. The van der Waals surface area contributed by atoms with E-state index in [1.807, 2.05) is 42.5 Å². The summed E-state index contributed by atoms with van der Waals surface area (Å²) in [7, 11) is 0. The van der Waals surface area contributed by atoms with Crippen LogP contribution in [0.25, 0.3) is 11.1 Å². The minimum absolute atomic E-state index is 0.0282. The molecule has 0 aromatic heterocycles. The standard InChI is InChI=1S/C29H40BrN3O2/c30-28-21-27(24-17-20-33(28,22-24)19-12-5-3-1-2-4-11-18-31)35-29(34)32-26-16-10-9-15-25(26)23-13-7-6-8-14-23/h6-10,13-16,24,27-28H,1-5,11-12,17-22,31H2/p+1/t24?,27?,28?,33-/m1/s1. The van der Waals surface area contributed by atoms with Crippen LogP contribution in [0.3, 0.4) is 0 Å². The largest absolute Gasteiger partial charge is 0.445 e. The van der Waals surface area contributed by atoms with Crippen LogP contribution in [-0.2, 0) is 4.74 Å². The van der Waals surface area contributed by atoms with E-state index in [1.165, 1.54) is 51.6 Å². The molecule has 35 heavy (non-hydrogen) atoms. The summed E-state index contributed by atoms with van der Waals surface area (Å²) in [5, 5.41) is 3.02. The molecule has 2 bridgehead atoms. The maximum atomic E-state index is 12.9. The van der Waals surface area contributed by atoms with Gasteiger partial charge in [-0.05, 0) is 53.4 Å². The number of nitrogens with zero attached hydrogens (tertiary/aromatic N) is 1. The highest BCUT2D eigenvalue weighted by atomic mass is 79.9. The summed E-state index contributed by atoms with van der Waals surface area (Å²) in [6, 6.07) is 18.0. The van der Waals surface area contributed by atoms with Gasteiger partial charge < -0.3 is 15.0 Å². The normalized spacial score (nSPS) is 25.4. The Bertz CT molecular complexity index is 941. The summed E-state index contributed by atoms with van der Waals surface area (Å²) in [6.45, 7) is 4.36. The molecule has 0 aliphatic carbocycles. The molecule has 2 saturated heterocycles. The number of para-hydroxylation sites is 1. The van der Waals surface area contributed by atoms with Gasteiger partial charge >= 0.3 is 6.09 Å². The second-order valence-electron chi connectivity index (χ2n) is 10.3. The molecule has 2 aromatic rings. The molecule has 0 saturated carbocycles. The van der Waals surface area contributed by atoms with Gasteiger partial charge in [-0.15, -0.1) is 0 Å². The summed E-state index contributed by atoms with van der Waals surface area (Å²) in [6.07, 6.45) is 10.7. The van der Waals surface area contributed by atoms with Crippen LogP contribution >= 0.6 is 15.9 Å². The second-order valence-corrected chi connectivity index (χ2v) is 11.4. The molecule has 190 valence electrons. The number of hydrogen-bond donors (Lipinski definition) is 2. The number of ether oxygens (including phenoxy) is 1. The lowest BCUT2D eigenvalue weighted by molar-refractivity contribution is -0.930. The summed E-state index contributed by atoms with van der Waals surface area (Å²) in [5.74, 6) is 0.454. The third-order valence-corrected chi connectivity index (χ3v) is 9.15. The molecule has 2 heterocycles. The maximum absolute atomic E-state index is 12.9. The molecule has 6 heteroatoms. The summed E-state index contributed by atoms with van der Waals surface area (Å²) < 4.78 is 7.17. The first kappa shape index (κ1) is 26.2. The number of carbonyl (C=O) groups excluding carboxylic acids is 1. The fourth-order valence-electron chi connectivity index (χ4n) is 5.92. The molecule has 3 unspecified atom stereocenters. The number of piperidine rings is 1. The minimum Gasteiger partial charge on any atom is -0.445 e. The van der Waals surface area contributed by atoms with Crippen molar-refractivity contribution in [2.45, 2.75) is 68.8 Å². The second kappa shape index (κ2) is 12.9. The highest BCUT2D eigenvalue weighted by Gasteiger charge is 2.52. The number of halogens is 1. The van der Waals surface area contributed by atoms with Crippen LogP contribution in [-0.4, -0.2) is 47.8 Å². The number of rotatable bonds is 12. The van der Waals surface area contributed by atoms with Crippen molar-refractivity contribution in [3.8, 4) is 11.1 Å². The van der Waals surface area contributed by atoms with Crippen LogP contribution in [0.5, 0.6) is 0 Å².